The molecule has 3 aliphatic carbocycles. The first-order valence-corrected chi connectivity index (χ1v) is 35.0. The van der Waals surface area contributed by atoms with Gasteiger partial charge < -0.3 is 4.57 Å². The molecule has 19 rings (SSSR count). The molecule has 1 nitrogen and oxygen atoms in total. The van der Waals surface area contributed by atoms with Crippen molar-refractivity contribution >= 4 is 21.8 Å². The number of hydrogen-bond donors (Lipinski definition) is 0. The molecule has 0 bridgehead atoms. The topological polar surface area (TPSA) is 4.93 Å². The summed E-state index contributed by atoms with van der Waals surface area (Å²) in [5.41, 5.74) is 40.3. The van der Waals surface area contributed by atoms with Crippen LogP contribution >= 0.6 is 0 Å². The molecule has 1 atom stereocenters. The lowest BCUT2D eigenvalue weighted by Crippen LogP contribution is -2.18. The number of aromatic nitrogens is 1. The molecule has 0 aliphatic heterocycles. The van der Waals surface area contributed by atoms with Gasteiger partial charge in [-0.1, -0.05) is 282 Å². The Morgan fingerprint density at radius 3 is 1.19 bits per heavy atom. The molecule has 16 aromatic rings. The quantitative estimate of drug-likeness (QED) is 0.129. The fourth-order valence-corrected chi connectivity index (χ4v) is 17.2. The van der Waals surface area contributed by atoms with Crippen molar-refractivity contribution < 1.29 is 0 Å². The van der Waals surface area contributed by atoms with E-state index in [-0.39, 0.29) is 16.7 Å². The van der Waals surface area contributed by atoms with Gasteiger partial charge in [0.15, 0.2) is 0 Å². The van der Waals surface area contributed by atoms with Crippen molar-refractivity contribution in [2.24, 2.45) is 0 Å². The molecule has 0 spiro atoms. The maximum Gasteiger partial charge on any atom is 0.0544 e. The number of hydrogen-bond acceptors (Lipinski definition) is 0. The first-order valence-electron chi connectivity index (χ1n) is 35.0. The van der Waals surface area contributed by atoms with Gasteiger partial charge in [-0.2, -0.15) is 0 Å². The first kappa shape index (κ1) is 58.5. The Bertz CT molecular complexity index is 5790. The van der Waals surface area contributed by atoms with Gasteiger partial charge in [0.1, 0.15) is 0 Å². The summed E-state index contributed by atoms with van der Waals surface area (Å²) in [4.78, 5) is 0. The van der Waals surface area contributed by atoms with Crippen molar-refractivity contribution in [2.45, 2.75) is 50.9 Å². The minimum Gasteiger partial charge on any atom is -0.309 e. The molecule has 0 radical (unpaired) electrons. The van der Waals surface area contributed by atoms with E-state index in [0.717, 1.165) is 12.1 Å². The van der Waals surface area contributed by atoms with Crippen molar-refractivity contribution in [1.29, 1.82) is 0 Å². The van der Waals surface area contributed by atoms with Gasteiger partial charge in [-0.3, -0.25) is 0 Å². The van der Waals surface area contributed by atoms with Crippen LogP contribution in [0.25, 0.3) is 150 Å². The Morgan fingerprint density at radius 1 is 0.242 bits per heavy atom. The number of nitrogens with zero attached hydrogens (tertiary/aromatic N) is 1. The molecule has 0 saturated carbocycles. The van der Waals surface area contributed by atoms with Gasteiger partial charge in [0.2, 0.25) is 0 Å². The summed E-state index contributed by atoms with van der Waals surface area (Å²) in [5, 5.41) is 2.50. The zero-order valence-electron chi connectivity index (χ0n) is 56.1. The zero-order chi connectivity index (χ0) is 66.1. The Hall–Kier alpha value is -11.9. The molecule has 0 N–H and O–H groups in total. The van der Waals surface area contributed by atoms with E-state index in [4.69, 9.17) is 0 Å². The standard InChI is InChI=1S/C98H71N/c1-97(2)91-37-19-17-35-81(91)87-58-85-83-55-70(43-44-73(83)57-84(86(85)60-93(87)97)72-33-21-31-68(47-72)78-50-74(62-23-9-5-10-24-62)48-75(51-78)63-25-11-6-12-26-63)66-39-41-67(42-40-66)71-45-46-95-89(56-71)90-59-88-82-36-18-20-38-92(82)98(3,4)94(88)61-96(90)99(95)80-34-22-32-69(54-80)79-52-76(64-27-13-7-14-28-64)49-77(53-79)65-29-15-8-16-30-65/h5-56,58-61,84H,57H2,1-4H3. The minimum atomic E-state index is -0.159. The van der Waals surface area contributed by atoms with Crippen molar-refractivity contribution in [3.63, 3.8) is 0 Å². The van der Waals surface area contributed by atoms with Crippen molar-refractivity contribution in [1.82, 2.24) is 4.57 Å². The average molecular weight is 1260 g/mol. The average Bonchev–Trinajstić information content (AvgIpc) is 1.55. The van der Waals surface area contributed by atoms with Gasteiger partial charge in [-0.15, -0.1) is 0 Å². The zero-order valence-corrected chi connectivity index (χ0v) is 56.1. The maximum absolute atomic E-state index is 2.60. The fraction of sp³-hybridized carbons (Fsp3) is 0.0816. The van der Waals surface area contributed by atoms with Crippen molar-refractivity contribution in [3.05, 3.63) is 379 Å². The van der Waals surface area contributed by atoms with E-state index >= 15 is 0 Å². The summed E-state index contributed by atoms with van der Waals surface area (Å²) in [7, 11) is 0. The van der Waals surface area contributed by atoms with Crippen molar-refractivity contribution in [3.8, 4) is 128 Å². The van der Waals surface area contributed by atoms with Crippen LogP contribution in [-0.2, 0) is 17.3 Å². The molecular weight excluding hydrogens is 1190 g/mol. The normalized spacial score (nSPS) is 14.3. The Kier molecular flexibility index (Phi) is 13.5. The summed E-state index contributed by atoms with van der Waals surface area (Å²) >= 11 is 0. The van der Waals surface area contributed by atoms with Crippen LogP contribution in [0.2, 0.25) is 0 Å². The third-order valence-corrected chi connectivity index (χ3v) is 22.3. The highest BCUT2D eigenvalue weighted by atomic mass is 15.0. The van der Waals surface area contributed by atoms with Crippen LogP contribution in [0.4, 0.5) is 0 Å². The number of fused-ring (bicyclic) bond motifs is 12. The van der Waals surface area contributed by atoms with Gasteiger partial charge in [-0.25, -0.2) is 0 Å². The highest BCUT2D eigenvalue weighted by Crippen LogP contribution is 2.56. The van der Waals surface area contributed by atoms with Gasteiger partial charge in [0.05, 0.1) is 11.0 Å². The Morgan fingerprint density at radius 2 is 0.646 bits per heavy atom. The lowest BCUT2D eigenvalue weighted by Gasteiger charge is -2.31. The highest BCUT2D eigenvalue weighted by Gasteiger charge is 2.39. The second-order valence-electron chi connectivity index (χ2n) is 28.8. The summed E-state index contributed by atoms with van der Waals surface area (Å²) in [5.74, 6) is 0.157. The highest BCUT2D eigenvalue weighted by molar-refractivity contribution is 6.13. The van der Waals surface area contributed by atoms with E-state index in [1.54, 1.807) is 0 Å². The van der Waals surface area contributed by atoms with E-state index < -0.39 is 0 Å². The van der Waals surface area contributed by atoms with E-state index in [9.17, 15) is 0 Å². The summed E-state index contributed by atoms with van der Waals surface area (Å²) in [6.07, 6.45) is 0.909. The second-order valence-corrected chi connectivity index (χ2v) is 28.8. The number of benzene rings is 15. The third kappa shape index (κ3) is 9.74. The third-order valence-electron chi connectivity index (χ3n) is 22.3. The molecule has 1 heteroatoms. The summed E-state index contributed by atoms with van der Waals surface area (Å²) < 4.78 is 2.52. The van der Waals surface area contributed by atoms with E-state index in [1.807, 2.05) is 0 Å². The first-order chi connectivity index (χ1) is 48.5. The molecule has 0 saturated heterocycles. The van der Waals surface area contributed by atoms with Crippen LogP contribution < -0.4 is 0 Å². The lowest BCUT2D eigenvalue weighted by molar-refractivity contribution is 0.657. The summed E-state index contributed by atoms with van der Waals surface area (Å²) in [6.45, 7) is 9.61. The van der Waals surface area contributed by atoms with Gasteiger partial charge >= 0.3 is 0 Å². The fourth-order valence-electron chi connectivity index (χ4n) is 17.2. The molecule has 0 fully saturated rings. The lowest BCUT2D eigenvalue weighted by atomic mass is 9.72. The van der Waals surface area contributed by atoms with Crippen LogP contribution in [0.3, 0.4) is 0 Å². The molecule has 15 aromatic carbocycles. The molecular formula is C98H71N. The van der Waals surface area contributed by atoms with Crippen LogP contribution in [0.5, 0.6) is 0 Å². The summed E-state index contributed by atoms with van der Waals surface area (Å²) in [6, 6.07) is 128. The van der Waals surface area contributed by atoms with Crippen LogP contribution in [0, 0.1) is 0 Å². The molecule has 3 aliphatic rings. The molecule has 1 unspecified atom stereocenters. The maximum atomic E-state index is 2.60. The number of rotatable bonds is 10. The van der Waals surface area contributed by atoms with Gasteiger partial charge in [-0.05, 0) is 253 Å². The molecule has 468 valence electrons. The smallest absolute Gasteiger partial charge is 0.0544 e. The predicted octanol–water partition coefficient (Wildman–Crippen LogP) is 26.1. The molecule has 1 aromatic heterocycles. The molecule has 99 heavy (non-hydrogen) atoms. The van der Waals surface area contributed by atoms with Crippen LogP contribution in [0.15, 0.2) is 340 Å². The van der Waals surface area contributed by atoms with E-state index in [1.165, 1.54) is 183 Å². The SMILES string of the molecule is CC1(C)c2ccccc2-c2cc3c(cc21)C(c1cccc(-c2cc(-c4ccccc4)cc(-c4ccccc4)c2)c1)Cc1ccc(-c2ccc(-c4ccc5c(c4)c4cc6c(cc4n5-c4cccc(-c5cc(-c7ccccc7)cc(-c7ccccc7)c5)c4)C(C)(C)c4ccccc4-6)cc2)cc1-3. The second kappa shape index (κ2) is 22.9. The van der Waals surface area contributed by atoms with Gasteiger partial charge in [0.25, 0.3) is 0 Å². The van der Waals surface area contributed by atoms with Crippen LogP contribution in [-0.4, -0.2) is 4.57 Å². The van der Waals surface area contributed by atoms with Crippen molar-refractivity contribution in [2.75, 3.05) is 0 Å². The van der Waals surface area contributed by atoms with Gasteiger partial charge in [0, 0.05) is 33.2 Å². The molecule has 0 amide bonds. The largest absolute Gasteiger partial charge is 0.309 e. The Balaban J connectivity index is 0.701. The monoisotopic (exact) mass is 1260 g/mol. The van der Waals surface area contributed by atoms with E-state index in [2.05, 4.69) is 372 Å². The minimum absolute atomic E-state index is 0.134. The van der Waals surface area contributed by atoms with E-state index in [0.29, 0.717) is 0 Å². The predicted molar refractivity (Wildman–Crippen MR) is 417 cm³/mol. The Labute approximate surface area is 580 Å². The molecule has 1 heterocycles. The van der Waals surface area contributed by atoms with Crippen LogP contribution in [0.1, 0.15) is 72.6 Å².